The fourth-order valence-electron chi connectivity index (χ4n) is 2.25. The quantitative estimate of drug-likeness (QED) is 0.456. The number of hydrogen-bond acceptors (Lipinski definition) is 6. The number of hydrogen-bond donors (Lipinski definition) is 1. The first kappa shape index (κ1) is 20.2. The molecule has 0 saturated heterocycles. The second-order valence-electron chi connectivity index (χ2n) is 4.74. The number of nitrogens with one attached hydrogen (secondary N) is 1. The van der Waals surface area contributed by atoms with E-state index in [1.807, 2.05) is 0 Å². The minimum Gasteiger partial charge on any atom is -0.504 e. The molecule has 1 aromatic carbocycles. The van der Waals surface area contributed by atoms with Crippen molar-refractivity contribution in [1.29, 1.82) is 10.7 Å². The van der Waals surface area contributed by atoms with E-state index in [4.69, 9.17) is 21.7 Å². The normalized spacial score (nSPS) is 10.1. The van der Waals surface area contributed by atoms with E-state index in [0.29, 0.717) is 20.8 Å². The van der Waals surface area contributed by atoms with Crippen LogP contribution in [-0.2, 0) is 37.4 Å². The van der Waals surface area contributed by atoms with E-state index in [9.17, 15) is 10.1 Å². The van der Waals surface area contributed by atoms with Gasteiger partial charge in [-0.05, 0) is 19.1 Å². The summed E-state index contributed by atoms with van der Waals surface area (Å²) in [6.45, 7) is 2.02. The number of carbonyl (C=O) groups excluding carboxylic acids is 1. The van der Waals surface area contributed by atoms with Crippen molar-refractivity contribution in [2.24, 2.45) is 0 Å². The summed E-state index contributed by atoms with van der Waals surface area (Å²) in [5.41, 5.74) is 1.62. The van der Waals surface area contributed by atoms with E-state index in [1.165, 1.54) is 11.3 Å². The Morgan fingerprint density at radius 2 is 2.04 bits per heavy atom. The smallest absolute Gasteiger partial charge is 0.268 e. The van der Waals surface area contributed by atoms with Gasteiger partial charge in [0, 0.05) is 46.6 Å². The molecule has 1 radical (unpaired) electrons. The molecule has 0 aliphatic heterocycles. The van der Waals surface area contributed by atoms with Gasteiger partial charge in [-0.3, -0.25) is 5.41 Å². The number of halogens is 1. The first-order valence-corrected chi connectivity index (χ1v) is 8.97. The average molecular weight is 463 g/mol. The summed E-state index contributed by atoms with van der Waals surface area (Å²) in [6, 6.07) is 12.2. The molecule has 1 N–H and O–H groups in total. The summed E-state index contributed by atoms with van der Waals surface area (Å²) in [6.07, 6.45) is 0. The van der Waals surface area contributed by atoms with Crippen molar-refractivity contribution < 1.29 is 42.2 Å². The second-order valence-corrected chi connectivity index (χ2v) is 7.48. The van der Waals surface area contributed by atoms with Gasteiger partial charge in [0.15, 0.2) is 0 Å². The van der Waals surface area contributed by atoms with Crippen molar-refractivity contribution in [2.75, 3.05) is 6.61 Å². The van der Waals surface area contributed by atoms with Crippen LogP contribution in [0.15, 0.2) is 24.3 Å². The molecule has 0 atom stereocenters. The molecule has 0 unspecified atom stereocenters. The maximum absolute atomic E-state index is 12.0. The van der Waals surface area contributed by atoms with Crippen LogP contribution in [0.5, 0.6) is 0 Å². The number of esters is 1. The molecular weight excluding hydrogens is 453 g/mol. The van der Waals surface area contributed by atoms with Gasteiger partial charge in [0.2, 0.25) is 0 Å². The Morgan fingerprint density at radius 3 is 2.64 bits per heavy atom. The van der Waals surface area contributed by atoms with Gasteiger partial charge < -0.3 is 9.53 Å². The van der Waals surface area contributed by atoms with Gasteiger partial charge >= 0.3 is 0 Å². The van der Waals surface area contributed by atoms with Crippen LogP contribution in [0.1, 0.15) is 22.2 Å². The van der Waals surface area contributed by atoms with E-state index in [-0.39, 0.29) is 49.6 Å². The van der Waals surface area contributed by atoms with Crippen LogP contribution in [0.3, 0.4) is 0 Å². The number of nitrogens with zero attached hydrogens (tertiary/aromatic N) is 1. The summed E-state index contributed by atoms with van der Waals surface area (Å²) in [5, 5.41) is 18.9. The zero-order chi connectivity index (χ0) is 17.3. The number of fused-ring (bicyclic) bond motifs is 1. The molecule has 0 amide bonds. The van der Waals surface area contributed by atoms with Gasteiger partial charge in [-0.25, -0.2) is 0 Å². The first-order valence-electron chi connectivity index (χ1n) is 6.95. The summed E-state index contributed by atoms with van der Waals surface area (Å²) in [4.78, 5) is 12.3. The summed E-state index contributed by atoms with van der Waals surface area (Å²) in [7, 11) is 0. The standard InChI is InChI=1S/C17H10ClN2O2S2.Y/c1-2-22-16(21)13-7-11-14(9-3-5-10(18)6-4-9)12(8-19)15(20)24-17(11)23-13;/h3-6,20H,2H2,1H3;/q-1;. The molecular formula is C17H10ClN2O2S2Y-. The number of rotatable bonds is 3. The maximum Gasteiger partial charge on any atom is 0.268 e. The van der Waals surface area contributed by atoms with Gasteiger partial charge in [0.25, 0.3) is 5.97 Å². The zero-order valence-electron chi connectivity index (χ0n) is 13.1. The third kappa shape index (κ3) is 4.02. The van der Waals surface area contributed by atoms with Crippen molar-refractivity contribution in [2.45, 2.75) is 6.92 Å². The van der Waals surface area contributed by atoms with Crippen molar-refractivity contribution >= 4 is 49.6 Å². The Kier molecular flexibility index (Phi) is 6.89. The Bertz CT molecular complexity index is 1040. The van der Waals surface area contributed by atoms with Crippen molar-refractivity contribution in [3.63, 3.8) is 0 Å². The van der Waals surface area contributed by atoms with Gasteiger partial charge in [0.1, 0.15) is 4.67 Å². The Morgan fingerprint density at radius 1 is 1.36 bits per heavy atom. The monoisotopic (exact) mass is 462 g/mol. The third-order valence-corrected chi connectivity index (χ3v) is 5.68. The largest absolute Gasteiger partial charge is 0.504 e. The van der Waals surface area contributed by atoms with Crippen LogP contribution in [0.25, 0.3) is 20.5 Å². The van der Waals surface area contributed by atoms with Gasteiger partial charge in [-0.1, -0.05) is 34.9 Å². The van der Waals surface area contributed by atoms with Crippen molar-refractivity contribution in [3.8, 4) is 17.2 Å². The minimum atomic E-state index is -0.446. The van der Waals surface area contributed by atoms with Crippen LogP contribution in [-0.4, -0.2) is 12.6 Å². The fraction of sp³-hybridized carbons (Fsp3) is 0.118. The van der Waals surface area contributed by atoms with Gasteiger partial charge in [-0.2, -0.15) is 27.9 Å². The Hall–Kier alpha value is -1.10. The van der Waals surface area contributed by atoms with Crippen LogP contribution < -0.4 is 4.67 Å². The van der Waals surface area contributed by atoms with Crippen LogP contribution in [0.2, 0.25) is 5.02 Å². The molecule has 123 valence electrons. The molecule has 0 fully saturated rings. The average Bonchev–Trinajstić information content (AvgIpc) is 2.98. The van der Waals surface area contributed by atoms with E-state index >= 15 is 0 Å². The summed E-state index contributed by atoms with van der Waals surface area (Å²) >= 11 is 8.32. The number of benzene rings is 1. The van der Waals surface area contributed by atoms with Crippen molar-refractivity contribution in [3.05, 3.63) is 50.5 Å². The zero-order valence-corrected chi connectivity index (χ0v) is 18.3. The van der Waals surface area contributed by atoms with Crippen LogP contribution in [0, 0.1) is 22.8 Å². The van der Waals surface area contributed by atoms with Gasteiger partial charge in [-0.15, -0.1) is 11.5 Å². The first-order chi connectivity index (χ1) is 11.5. The summed E-state index contributed by atoms with van der Waals surface area (Å²) in [5.74, 6) is -0.446. The number of carbonyl (C=O) groups is 1. The molecule has 3 aromatic rings. The molecule has 2 heterocycles. The van der Waals surface area contributed by atoms with E-state index < -0.39 is 5.97 Å². The Balaban J connectivity index is 0.00000225. The SMILES string of the molecule is CCOC(=O)c1[c-]c2c(-c3ccc(Cl)cc3)c(C#N)c(=N)sc2s1.[Y]. The van der Waals surface area contributed by atoms with E-state index in [2.05, 4.69) is 12.1 Å². The molecule has 0 aliphatic carbocycles. The molecule has 0 bridgehead atoms. The topological polar surface area (TPSA) is 73.9 Å². The molecule has 25 heavy (non-hydrogen) atoms. The predicted molar refractivity (Wildman–Crippen MR) is 95.5 cm³/mol. The Labute approximate surface area is 182 Å². The third-order valence-electron chi connectivity index (χ3n) is 3.26. The number of nitriles is 1. The second kappa shape index (κ2) is 8.52. The maximum atomic E-state index is 12.0. The minimum absolute atomic E-state index is 0. The molecule has 4 nitrogen and oxygen atoms in total. The molecule has 0 spiro atoms. The molecule has 3 rings (SSSR count). The fourth-order valence-corrected chi connectivity index (χ4v) is 4.47. The van der Waals surface area contributed by atoms with Gasteiger partial charge in [0.05, 0.1) is 18.2 Å². The van der Waals surface area contributed by atoms with E-state index in [0.717, 1.165) is 20.9 Å². The molecule has 8 heteroatoms. The molecule has 0 saturated carbocycles. The molecule has 0 aliphatic rings. The predicted octanol–water partition coefficient (Wildman–Crippen LogP) is 4.61. The number of thiophene rings is 1. The number of ether oxygens (including phenoxy) is 1. The van der Waals surface area contributed by atoms with Crippen LogP contribution in [0.4, 0.5) is 0 Å². The van der Waals surface area contributed by atoms with E-state index in [1.54, 1.807) is 31.2 Å². The van der Waals surface area contributed by atoms with Crippen molar-refractivity contribution in [1.82, 2.24) is 0 Å². The molecule has 2 aromatic heterocycles. The summed E-state index contributed by atoms with van der Waals surface area (Å²) < 4.78 is 5.93. The van der Waals surface area contributed by atoms with Crippen LogP contribution >= 0.6 is 34.3 Å².